The Labute approximate surface area is 226 Å². The molecule has 0 heterocycles. The van der Waals surface area contributed by atoms with Crippen LogP contribution in [0.5, 0.6) is 0 Å². The van der Waals surface area contributed by atoms with Crippen LogP contribution in [-0.4, -0.2) is 44.3 Å². The number of benzene rings is 3. The standard InChI is InChI=1S/C30H37N3O4S/c1-5-20-31-30(35)24(4)32(21-25-12-8-6-9-13-25)29(34)22-33(27-18-16-26(17-19-27)23(2)3)38(36,37)28-14-10-7-11-15-28/h6-19,23-24H,5,20-22H2,1-4H3,(H,31,35)/t24-/m0/s1. The van der Waals surface area contributed by atoms with Gasteiger partial charge in [-0.05, 0) is 54.7 Å². The Hall–Kier alpha value is -3.65. The topological polar surface area (TPSA) is 86.8 Å². The van der Waals surface area contributed by atoms with Crippen molar-refractivity contribution in [1.82, 2.24) is 10.2 Å². The molecule has 0 saturated carbocycles. The summed E-state index contributed by atoms with van der Waals surface area (Å²) in [4.78, 5) is 28.2. The number of nitrogens with zero attached hydrogens (tertiary/aromatic N) is 2. The number of amides is 2. The molecule has 0 bridgehead atoms. The molecule has 0 aliphatic carbocycles. The summed E-state index contributed by atoms with van der Waals surface area (Å²) in [5, 5.41) is 2.85. The van der Waals surface area contributed by atoms with E-state index in [1.54, 1.807) is 37.3 Å². The third-order valence-electron chi connectivity index (χ3n) is 6.37. The predicted molar refractivity (Wildman–Crippen MR) is 151 cm³/mol. The Morgan fingerprint density at radius 1 is 0.842 bits per heavy atom. The van der Waals surface area contributed by atoms with Crippen molar-refractivity contribution >= 4 is 27.5 Å². The molecule has 1 N–H and O–H groups in total. The van der Waals surface area contributed by atoms with Gasteiger partial charge in [-0.1, -0.05) is 81.4 Å². The maximum absolute atomic E-state index is 13.8. The number of sulfonamides is 1. The van der Waals surface area contributed by atoms with Gasteiger partial charge < -0.3 is 10.2 Å². The lowest BCUT2D eigenvalue weighted by molar-refractivity contribution is -0.139. The van der Waals surface area contributed by atoms with E-state index in [9.17, 15) is 18.0 Å². The second-order valence-corrected chi connectivity index (χ2v) is 11.4. The van der Waals surface area contributed by atoms with E-state index in [2.05, 4.69) is 19.2 Å². The van der Waals surface area contributed by atoms with E-state index < -0.39 is 28.5 Å². The molecule has 1 atom stereocenters. The number of carbonyl (C=O) groups excluding carboxylic acids is 2. The van der Waals surface area contributed by atoms with Crippen molar-refractivity contribution in [2.24, 2.45) is 0 Å². The number of hydrogen-bond donors (Lipinski definition) is 1. The summed E-state index contributed by atoms with van der Waals surface area (Å²) in [5.74, 6) is -0.482. The van der Waals surface area contributed by atoms with Crippen molar-refractivity contribution < 1.29 is 18.0 Å². The van der Waals surface area contributed by atoms with E-state index in [0.29, 0.717) is 12.2 Å². The van der Waals surface area contributed by atoms with Gasteiger partial charge in [0.25, 0.3) is 10.0 Å². The molecule has 0 saturated heterocycles. The molecule has 202 valence electrons. The Morgan fingerprint density at radius 2 is 1.42 bits per heavy atom. The molecule has 3 aromatic carbocycles. The van der Waals surface area contributed by atoms with Gasteiger partial charge in [0.05, 0.1) is 10.6 Å². The molecule has 7 nitrogen and oxygen atoms in total. The van der Waals surface area contributed by atoms with Gasteiger partial charge in [0.1, 0.15) is 12.6 Å². The van der Waals surface area contributed by atoms with Crippen LogP contribution in [0.1, 0.15) is 51.2 Å². The van der Waals surface area contributed by atoms with E-state index in [1.807, 2.05) is 49.4 Å². The highest BCUT2D eigenvalue weighted by Gasteiger charge is 2.32. The van der Waals surface area contributed by atoms with Gasteiger partial charge in [-0.25, -0.2) is 8.42 Å². The van der Waals surface area contributed by atoms with Crippen LogP contribution in [0.3, 0.4) is 0 Å². The monoisotopic (exact) mass is 535 g/mol. The number of carbonyl (C=O) groups is 2. The summed E-state index contributed by atoms with van der Waals surface area (Å²) >= 11 is 0. The molecular weight excluding hydrogens is 498 g/mol. The molecule has 0 aromatic heterocycles. The highest BCUT2D eigenvalue weighted by molar-refractivity contribution is 7.92. The fraction of sp³-hybridized carbons (Fsp3) is 0.333. The molecular formula is C30H37N3O4S. The molecule has 0 aliphatic rings. The molecule has 0 unspecified atom stereocenters. The number of hydrogen-bond acceptors (Lipinski definition) is 4. The maximum atomic E-state index is 13.8. The van der Waals surface area contributed by atoms with Crippen LogP contribution in [0.15, 0.2) is 89.8 Å². The van der Waals surface area contributed by atoms with Crippen molar-refractivity contribution in [3.8, 4) is 0 Å². The first-order valence-electron chi connectivity index (χ1n) is 12.9. The maximum Gasteiger partial charge on any atom is 0.264 e. The summed E-state index contributed by atoms with van der Waals surface area (Å²) in [7, 11) is -4.06. The van der Waals surface area contributed by atoms with Crippen molar-refractivity contribution in [2.75, 3.05) is 17.4 Å². The Balaban J connectivity index is 2.00. The molecule has 0 spiro atoms. The highest BCUT2D eigenvalue weighted by atomic mass is 32.2. The fourth-order valence-electron chi connectivity index (χ4n) is 4.03. The van der Waals surface area contributed by atoms with Crippen molar-refractivity contribution in [3.63, 3.8) is 0 Å². The van der Waals surface area contributed by atoms with E-state index in [0.717, 1.165) is 21.9 Å². The minimum absolute atomic E-state index is 0.0871. The minimum atomic E-state index is -4.06. The van der Waals surface area contributed by atoms with Crippen LogP contribution in [-0.2, 0) is 26.2 Å². The number of anilines is 1. The Bertz CT molecular complexity index is 1290. The molecule has 3 rings (SSSR count). The smallest absolute Gasteiger partial charge is 0.264 e. The third-order valence-corrected chi connectivity index (χ3v) is 8.16. The Kier molecular flexibility index (Phi) is 10.1. The predicted octanol–water partition coefficient (Wildman–Crippen LogP) is 4.95. The quantitative estimate of drug-likeness (QED) is 0.356. The highest BCUT2D eigenvalue weighted by Crippen LogP contribution is 2.26. The lowest BCUT2D eigenvalue weighted by Crippen LogP contribution is -2.51. The van der Waals surface area contributed by atoms with E-state index in [1.165, 1.54) is 17.0 Å². The SMILES string of the molecule is CCCNC(=O)[C@H](C)N(Cc1ccccc1)C(=O)CN(c1ccc(C(C)C)cc1)S(=O)(=O)c1ccccc1. The van der Waals surface area contributed by atoms with E-state index in [4.69, 9.17) is 0 Å². The van der Waals surface area contributed by atoms with E-state index >= 15 is 0 Å². The van der Waals surface area contributed by atoms with Gasteiger partial charge in [0, 0.05) is 13.1 Å². The molecule has 0 radical (unpaired) electrons. The van der Waals surface area contributed by atoms with Gasteiger partial charge in [-0.3, -0.25) is 13.9 Å². The van der Waals surface area contributed by atoms with Crippen LogP contribution in [0.2, 0.25) is 0 Å². The van der Waals surface area contributed by atoms with Crippen LogP contribution in [0, 0.1) is 0 Å². The Morgan fingerprint density at radius 3 is 1.97 bits per heavy atom. The average Bonchev–Trinajstić information content (AvgIpc) is 2.93. The first kappa shape index (κ1) is 28.9. The second-order valence-electron chi connectivity index (χ2n) is 9.55. The molecule has 3 aromatic rings. The first-order valence-corrected chi connectivity index (χ1v) is 14.4. The summed E-state index contributed by atoms with van der Waals surface area (Å²) in [5.41, 5.74) is 2.29. The zero-order chi connectivity index (χ0) is 27.7. The van der Waals surface area contributed by atoms with Crippen LogP contribution < -0.4 is 9.62 Å². The third kappa shape index (κ3) is 7.22. The van der Waals surface area contributed by atoms with Crippen LogP contribution in [0.25, 0.3) is 0 Å². The van der Waals surface area contributed by atoms with Crippen molar-refractivity contribution in [2.45, 2.75) is 57.5 Å². The van der Waals surface area contributed by atoms with Gasteiger partial charge in [0.15, 0.2) is 0 Å². The van der Waals surface area contributed by atoms with Crippen LogP contribution >= 0.6 is 0 Å². The molecule has 0 aliphatic heterocycles. The number of nitrogens with one attached hydrogen (secondary N) is 1. The summed E-state index contributed by atoms with van der Waals surface area (Å²) in [6.45, 7) is 7.95. The zero-order valence-corrected chi connectivity index (χ0v) is 23.3. The van der Waals surface area contributed by atoms with E-state index in [-0.39, 0.29) is 23.3 Å². The molecule has 8 heteroatoms. The summed E-state index contributed by atoms with van der Waals surface area (Å²) < 4.78 is 28.7. The molecule has 2 amide bonds. The zero-order valence-electron chi connectivity index (χ0n) is 22.5. The largest absolute Gasteiger partial charge is 0.354 e. The van der Waals surface area contributed by atoms with Gasteiger partial charge in [0.2, 0.25) is 11.8 Å². The lowest BCUT2D eigenvalue weighted by Gasteiger charge is -2.32. The van der Waals surface area contributed by atoms with Crippen molar-refractivity contribution in [1.29, 1.82) is 0 Å². The number of rotatable bonds is 12. The van der Waals surface area contributed by atoms with Gasteiger partial charge >= 0.3 is 0 Å². The molecule has 38 heavy (non-hydrogen) atoms. The fourth-order valence-corrected chi connectivity index (χ4v) is 5.47. The van der Waals surface area contributed by atoms with Crippen LogP contribution in [0.4, 0.5) is 5.69 Å². The lowest BCUT2D eigenvalue weighted by atomic mass is 10.0. The van der Waals surface area contributed by atoms with Crippen molar-refractivity contribution in [3.05, 3.63) is 96.1 Å². The van der Waals surface area contributed by atoms with Gasteiger partial charge in [-0.2, -0.15) is 0 Å². The summed E-state index contributed by atoms with van der Waals surface area (Å²) in [6, 6.07) is 23.8. The first-order chi connectivity index (χ1) is 18.1. The average molecular weight is 536 g/mol. The van der Waals surface area contributed by atoms with Gasteiger partial charge in [-0.15, -0.1) is 0 Å². The normalized spacial score (nSPS) is 12.1. The molecule has 0 fully saturated rings. The minimum Gasteiger partial charge on any atom is -0.354 e. The summed E-state index contributed by atoms with van der Waals surface area (Å²) in [6.07, 6.45) is 0.764. The second kappa shape index (κ2) is 13.2.